The summed E-state index contributed by atoms with van der Waals surface area (Å²) < 4.78 is 19.0. The van der Waals surface area contributed by atoms with E-state index in [2.05, 4.69) is 40.7 Å². The highest BCUT2D eigenvalue weighted by Gasteiger charge is 2.84. The molecule has 0 spiro atoms. The molecule has 2 saturated heterocycles. The fraction of sp³-hybridized carbons (Fsp3) is 0.862. The lowest BCUT2D eigenvalue weighted by atomic mass is 9.43. The molecule has 0 radical (unpaired) electrons. The second-order valence-corrected chi connectivity index (χ2v) is 13.2. The first-order chi connectivity index (χ1) is 16.6. The molecule has 0 aromatic heterocycles. The fourth-order valence-corrected chi connectivity index (χ4v) is 10.4. The van der Waals surface area contributed by atoms with Gasteiger partial charge in [-0.3, -0.25) is 4.79 Å². The zero-order valence-corrected chi connectivity index (χ0v) is 21.9. The Hall–Kier alpha value is -1.24. The largest absolute Gasteiger partial charge is 0.481 e. The van der Waals surface area contributed by atoms with Gasteiger partial charge in [0.1, 0.15) is 11.7 Å². The summed E-state index contributed by atoms with van der Waals surface area (Å²) in [4.78, 5) is 26.7. The van der Waals surface area contributed by atoms with Crippen molar-refractivity contribution in [2.45, 2.75) is 85.2 Å². The van der Waals surface area contributed by atoms with Gasteiger partial charge in [-0.1, -0.05) is 45.8 Å². The maximum Gasteiger partial charge on any atom is 0.315 e. The number of rotatable bonds is 6. The molecule has 35 heavy (non-hydrogen) atoms. The summed E-state index contributed by atoms with van der Waals surface area (Å²) in [5, 5.41) is 11.1. The van der Waals surface area contributed by atoms with Gasteiger partial charge in [0, 0.05) is 24.4 Å². The van der Waals surface area contributed by atoms with Crippen LogP contribution < -0.4 is 0 Å². The Morgan fingerprint density at radius 1 is 1.23 bits per heavy atom. The van der Waals surface area contributed by atoms with Gasteiger partial charge in [-0.2, -0.15) is 0 Å². The third kappa shape index (κ3) is 2.77. The van der Waals surface area contributed by atoms with E-state index in [4.69, 9.17) is 14.2 Å². The van der Waals surface area contributed by atoms with Crippen LogP contribution in [0.1, 0.15) is 66.7 Å². The van der Waals surface area contributed by atoms with Crippen molar-refractivity contribution in [3.8, 4) is 0 Å². The van der Waals surface area contributed by atoms with E-state index >= 15 is 0 Å². The second kappa shape index (κ2) is 7.88. The monoisotopic (exact) mass is 486 g/mol. The van der Waals surface area contributed by atoms with Gasteiger partial charge in [0.15, 0.2) is 6.29 Å². The minimum atomic E-state index is -1.19. The molecule has 4 unspecified atom stereocenters. The highest BCUT2D eigenvalue weighted by atomic mass is 16.7. The van der Waals surface area contributed by atoms with Crippen molar-refractivity contribution in [1.82, 2.24) is 0 Å². The number of fused-ring (bicyclic) bond motifs is 3. The molecular weight excluding hydrogens is 444 g/mol. The summed E-state index contributed by atoms with van der Waals surface area (Å²) >= 11 is 0. The fourth-order valence-electron chi connectivity index (χ4n) is 10.4. The summed E-state index contributed by atoms with van der Waals surface area (Å²) in [6.07, 6.45) is 7.27. The maximum absolute atomic E-state index is 13.5. The maximum atomic E-state index is 13.5. The summed E-state index contributed by atoms with van der Waals surface area (Å²) in [7, 11) is 0. The van der Waals surface area contributed by atoms with E-state index in [0.29, 0.717) is 43.1 Å². The zero-order chi connectivity index (χ0) is 24.9. The van der Waals surface area contributed by atoms with Gasteiger partial charge in [-0.05, 0) is 61.7 Å². The molecule has 194 valence electrons. The molecule has 0 aromatic rings. The number of carboxylic acid groups (broad SMARTS) is 1. The van der Waals surface area contributed by atoms with Gasteiger partial charge in [-0.25, -0.2) is 0 Å². The smallest absolute Gasteiger partial charge is 0.315 e. The number of allylic oxidation sites excluding steroid dienone is 1. The van der Waals surface area contributed by atoms with Crippen LogP contribution in [0, 0.1) is 57.7 Å². The second-order valence-electron chi connectivity index (χ2n) is 13.2. The topological polar surface area (TPSA) is 82.1 Å². The Morgan fingerprint density at radius 3 is 2.69 bits per heavy atom. The molecule has 6 rings (SSSR count). The average Bonchev–Trinajstić information content (AvgIpc) is 3.50. The SMILES string of the molecule is CC(C)C1=CC2CC3(C=O)[C@@H]4CC[C@@H](C)[C@H]4CC2(CO[C@H]2C[C@@H]4OC[C@@H](C)[C@@H]4[C@@H](C)O2)C13C(=O)O. The van der Waals surface area contributed by atoms with Crippen LogP contribution >= 0.6 is 0 Å². The van der Waals surface area contributed by atoms with E-state index in [9.17, 15) is 14.7 Å². The highest BCUT2D eigenvalue weighted by Crippen LogP contribution is 2.82. The molecule has 6 nitrogen and oxygen atoms in total. The number of ether oxygens (including phenoxy) is 3. The van der Waals surface area contributed by atoms with Gasteiger partial charge in [-0.15, -0.1) is 0 Å². The van der Waals surface area contributed by atoms with E-state index in [1.807, 2.05) is 0 Å². The number of aldehydes is 1. The number of carboxylic acids is 1. The molecule has 4 bridgehead atoms. The predicted octanol–water partition coefficient (Wildman–Crippen LogP) is 4.71. The van der Waals surface area contributed by atoms with Gasteiger partial charge in [0.05, 0.1) is 24.2 Å². The lowest BCUT2D eigenvalue weighted by Crippen LogP contribution is -2.63. The van der Waals surface area contributed by atoms with E-state index in [0.717, 1.165) is 37.7 Å². The van der Waals surface area contributed by atoms with Crippen LogP contribution in [-0.2, 0) is 23.8 Å². The lowest BCUT2D eigenvalue weighted by Gasteiger charge is -2.58. The van der Waals surface area contributed by atoms with Crippen LogP contribution in [0.15, 0.2) is 11.6 Å². The first-order valence-electron chi connectivity index (χ1n) is 13.9. The summed E-state index contributed by atoms with van der Waals surface area (Å²) in [6.45, 7) is 11.9. The highest BCUT2D eigenvalue weighted by molar-refractivity contribution is 5.90. The minimum absolute atomic E-state index is 0.0477. The summed E-state index contributed by atoms with van der Waals surface area (Å²) in [5.74, 6) is 1.18. The Kier molecular flexibility index (Phi) is 5.43. The Balaban J connectivity index is 1.38. The number of aliphatic carboxylic acids is 1. The summed E-state index contributed by atoms with van der Waals surface area (Å²) in [6, 6.07) is 0. The van der Waals surface area contributed by atoms with Gasteiger partial charge in [0.25, 0.3) is 0 Å². The Bertz CT molecular complexity index is 943. The quantitative estimate of drug-likeness (QED) is 0.432. The Labute approximate surface area is 209 Å². The molecule has 5 fully saturated rings. The number of hydrogen-bond donors (Lipinski definition) is 1. The van der Waals surface area contributed by atoms with Crippen molar-refractivity contribution in [2.24, 2.45) is 57.7 Å². The van der Waals surface area contributed by atoms with E-state index in [1.54, 1.807) is 0 Å². The first-order valence-corrected chi connectivity index (χ1v) is 13.9. The van der Waals surface area contributed by atoms with Crippen LogP contribution in [0.4, 0.5) is 0 Å². The third-order valence-electron chi connectivity index (χ3n) is 11.6. The standard InChI is InChI=1S/C29H42O6/c1-15(2)22-8-19-10-27(13-30)21-7-6-16(3)20(21)11-28(19,29(22,27)26(31)32)14-34-24-9-23-25(18(5)35-24)17(4)12-33-23/h8,13,15-21,23-25H,6-7,9-12,14H2,1-5H3,(H,31,32)/t16-,17-,18-,19?,20-,21-,23+,24-,25-,27?,28?,29?/m1/s1. The van der Waals surface area contributed by atoms with Crippen LogP contribution in [0.3, 0.4) is 0 Å². The number of hydrogen-bond acceptors (Lipinski definition) is 5. The van der Waals surface area contributed by atoms with Gasteiger partial charge >= 0.3 is 5.97 Å². The summed E-state index contributed by atoms with van der Waals surface area (Å²) in [5.41, 5.74) is -1.68. The van der Waals surface area contributed by atoms with Gasteiger partial charge < -0.3 is 24.1 Å². The number of carbonyl (C=O) groups is 2. The van der Waals surface area contributed by atoms with Gasteiger partial charge in [0.2, 0.25) is 0 Å². The molecular formula is C29H42O6. The van der Waals surface area contributed by atoms with E-state index < -0.39 is 28.5 Å². The molecule has 6 aliphatic rings. The molecule has 2 heterocycles. The number of carbonyl (C=O) groups excluding carboxylic acids is 1. The molecule has 0 amide bonds. The van der Waals surface area contributed by atoms with Crippen LogP contribution in [0.5, 0.6) is 0 Å². The Morgan fingerprint density at radius 2 is 2.00 bits per heavy atom. The third-order valence-corrected chi connectivity index (χ3v) is 11.6. The van der Waals surface area contributed by atoms with Crippen molar-refractivity contribution < 1.29 is 28.9 Å². The van der Waals surface area contributed by atoms with Crippen molar-refractivity contribution in [1.29, 1.82) is 0 Å². The molecule has 6 heteroatoms. The van der Waals surface area contributed by atoms with Crippen molar-refractivity contribution in [3.63, 3.8) is 0 Å². The zero-order valence-electron chi connectivity index (χ0n) is 21.9. The predicted molar refractivity (Wildman–Crippen MR) is 129 cm³/mol. The van der Waals surface area contributed by atoms with E-state index in [-0.39, 0.29) is 30.0 Å². The van der Waals surface area contributed by atoms with Crippen LogP contribution in [0.25, 0.3) is 0 Å². The first kappa shape index (κ1) is 24.1. The normalized spacial score (nSPS) is 54.0. The molecule has 0 aromatic carbocycles. The van der Waals surface area contributed by atoms with Crippen LogP contribution in [-0.4, -0.2) is 49.1 Å². The van der Waals surface area contributed by atoms with Crippen molar-refractivity contribution in [3.05, 3.63) is 11.6 Å². The van der Waals surface area contributed by atoms with Crippen molar-refractivity contribution >= 4 is 12.3 Å². The molecule has 12 atom stereocenters. The molecule has 4 aliphatic carbocycles. The average molecular weight is 487 g/mol. The molecule has 3 saturated carbocycles. The molecule has 2 aliphatic heterocycles. The lowest BCUT2D eigenvalue weighted by molar-refractivity contribution is -0.249. The van der Waals surface area contributed by atoms with E-state index in [1.165, 1.54) is 0 Å². The molecule has 1 N–H and O–H groups in total. The minimum Gasteiger partial charge on any atom is -0.481 e. The van der Waals surface area contributed by atoms with Crippen LogP contribution in [0.2, 0.25) is 0 Å². The van der Waals surface area contributed by atoms with Crippen molar-refractivity contribution in [2.75, 3.05) is 13.2 Å².